The number of β-amino-alcohol motifs (C(OH)–C–C–N with tert-alkyl or cyclic N) is 1. The van der Waals surface area contributed by atoms with Crippen LogP contribution < -0.4 is 0 Å². The number of aryl methyl sites for hydroxylation is 1. The number of nitrogens with zero attached hydrogens (tertiary/aromatic N) is 3. The van der Waals surface area contributed by atoms with Crippen LogP contribution in [0.15, 0.2) is 33.9 Å². The van der Waals surface area contributed by atoms with E-state index in [9.17, 15) is 5.11 Å². The molecule has 0 radical (unpaired) electrons. The number of rotatable bonds is 6. The Morgan fingerprint density at radius 2 is 1.96 bits per heavy atom. The first kappa shape index (κ1) is 17.5. The summed E-state index contributed by atoms with van der Waals surface area (Å²) in [5.74, 6) is 1.91. The van der Waals surface area contributed by atoms with Gasteiger partial charge in [0.05, 0.1) is 6.10 Å². The molecule has 0 amide bonds. The van der Waals surface area contributed by atoms with Crippen molar-refractivity contribution in [1.82, 2.24) is 15.1 Å². The molecule has 0 saturated carbocycles. The van der Waals surface area contributed by atoms with E-state index in [4.69, 9.17) is 4.42 Å². The smallest absolute Gasteiger partial charge is 0.276 e. The summed E-state index contributed by atoms with van der Waals surface area (Å²) in [6.45, 7) is 7.23. The lowest BCUT2D eigenvalue weighted by Gasteiger charge is -2.31. The number of benzene rings is 1. The summed E-state index contributed by atoms with van der Waals surface area (Å²) in [5, 5.41) is 18.9. The Bertz CT molecular complexity index is 636. The number of hydrogen-bond acceptors (Lipinski definition) is 6. The third-order valence-electron chi connectivity index (χ3n) is 4.45. The molecule has 130 valence electrons. The molecule has 1 aromatic carbocycles. The second-order valence-electron chi connectivity index (χ2n) is 6.69. The number of likely N-dealkylation sites (tertiary alicyclic amines) is 1. The van der Waals surface area contributed by atoms with Gasteiger partial charge in [0.2, 0.25) is 5.89 Å². The van der Waals surface area contributed by atoms with Crippen LogP contribution in [0.4, 0.5) is 0 Å². The highest BCUT2D eigenvalue weighted by Gasteiger charge is 2.19. The van der Waals surface area contributed by atoms with Crippen LogP contribution in [0.1, 0.15) is 25.3 Å². The molecule has 6 heteroatoms. The van der Waals surface area contributed by atoms with Crippen LogP contribution >= 0.6 is 11.8 Å². The molecule has 2 aromatic rings. The number of aliphatic hydroxyl groups is 1. The normalized spacial score (nSPS) is 18.0. The van der Waals surface area contributed by atoms with Crippen LogP contribution in [0.2, 0.25) is 0 Å². The van der Waals surface area contributed by atoms with Gasteiger partial charge in [-0.15, -0.1) is 10.2 Å². The fraction of sp³-hybridized carbons (Fsp3) is 0.556. The molecule has 1 aliphatic rings. The number of thioether (sulfide) groups is 1. The van der Waals surface area contributed by atoms with E-state index in [1.165, 1.54) is 30.2 Å². The van der Waals surface area contributed by atoms with E-state index in [2.05, 4.69) is 22.0 Å². The second-order valence-corrected chi connectivity index (χ2v) is 7.66. The van der Waals surface area contributed by atoms with Gasteiger partial charge in [-0.2, -0.15) is 0 Å². The van der Waals surface area contributed by atoms with Crippen LogP contribution in [0.5, 0.6) is 0 Å². The van der Waals surface area contributed by atoms with Crippen LogP contribution in [0.25, 0.3) is 11.5 Å². The zero-order valence-electron chi connectivity index (χ0n) is 14.3. The van der Waals surface area contributed by atoms with Crippen molar-refractivity contribution < 1.29 is 9.52 Å². The Labute approximate surface area is 147 Å². The molecule has 1 unspecified atom stereocenters. The summed E-state index contributed by atoms with van der Waals surface area (Å²) in [6, 6.07) is 8.00. The predicted molar refractivity (Wildman–Crippen MR) is 96.0 cm³/mol. The number of aliphatic hydroxyl groups excluding tert-OH is 1. The van der Waals surface area contributed by atoms with Gasteiger partial charge in [-0.05, 0) is 50.9 Å². The van der Waals surface area contributed by atoms with Crippen molar-refractivity contribution in [2.75, 3.05) is 25.4 Å². The first-order valence-electron chi connectivity index (χ1n) is 8.54. The van der Waals surface area contributed by atoms with Crippen molar-refractivity contribution >= 4 is 11.8 Å². The Balaban J connectivity index is 1.47. The van der Waals surface area contributed by atoms with Gasteiger partial charge in [0.25, 0.3) is 5.22 Å². The number of hydrogen-bond donors (Lipinski definition) is 1. The summed E-state index contributed by atoms with van der Waals surface area (Å²) in [5.41, 5.74) is 2.12. The first-order chi connectivity index (χ1) is 11.6. The second kappa shape index (κ2) is 8.14. The Hall–Kier alpha value is -1.37. The largest absolute Gasteiger partial charge is 0.411 e. The minimum atomic E-state index is -0.377. The highest BCUT2D eigenvalue weighted by molar-refractivity contribution is 7.99. The summed E-state index contributed by atoms with van der Waals surface area (Å²) in [6.07, 6.45) is 2.07. The van der Waals surface area contributed by atoms with Crippen molar-refractivity contribution in [3.63, 3.8) is 0 Å². The van der Waals surface area contributed by atoms with Gasteiger partial charge in [0.1, 0.15) is 0 Å². The summed E-state index contributed by atoms with van der Waals surface area (Å²) in [4.78, 5) is 2.34. The predicted octanol–water partition coefficient (Wildman–Crippen LogP) is 3.23. The SMILES string of the molecule is Cc1ccc(-c2nnc(SCC(O)CN3CCC(C)CC3)o2)cc1. The van der Waals surface area contributed by atoms with E-state index in [0.29, 0.717) is 16.9 Å². The molecule has 1 N–H and O–H groups in total. The minimum Gasteiger partial charge on any atom is -0.411 e. The molecule has 3 rings (SSSR count). The molecule has 2 heterocycles. The molecule has 24 heavy (non-hydrogen) atoms. The van der Waals surface area contributed by atoms with Gasteiger partial charge in [0.15, 0.2) is 0 Å². The molecular formula is C18H25N3O2S. The van der Waals surface area contributed by atoms with Crippen molar-refractivity contribution in [3.05, 3.63) is 29.8 Å². The van der Waals surface area contributed by atoms with Crippen LogP contribution in [0.3, 0.4) is 0 Å². The number of piperidine rings is 1. The third kappa shape index (κ3) is 4.82. The average Bonchev–Trinajstić information content (AvgIpc) is 3.05. The molecule has 0 spiro atoms. The number of aromatic nitrogens is 2. The third-order valence-corrected chi connectivity index (χ3v) is 5.41. The summed E-state index contributed by atoms with van der Waals surface area (Å²) >= 11 is 1.42. The van der Waals surface area contributed by atoms with E-state index in [0.717, 1.165) is 31.1 Å². The summed E-state index contributed by atoms with van der Waals surface area (Å²) in [7, 11) is 0. The zero-order valence-corrected chi connectivity index (χ0v) is 15.1. The van der Waals surface area contributed by atoms with E-state index >= 15 is 0 Å². The van der Waals surface area contributed by atoms with Gasteiger partial charge in [-0.1, -0.05) is 36.4 Å². The first-order valence-corrected chi connectivity index (χ1v) is 9.52. The Morgan fingerprint density at radius 3 is 2.67 bits per heavy atom. The summed E-state index contributed by atoms with van der Waals surface area (Å²) < 4.78 is 5.68. The molecule has 1 atom stereocenters. The van der Waals surface area contributed by atoms with Crippen LogP contribution in [-0.2, 0) is 0 Å². The van der Waals surface area contributed by atoms with E-state index in [1.54, 1.807) is 0 Å². The molecule has 5 nitrogen and oxygen atoms in total. The topological polar surface area (TPSA) is 62.4 Å². The van der Waals surface area contributed by atoms with E-state index in [1.807, 2.05) is 31.2 Å². The van der Waals surface area contributed by atoms with Crippen molar-refractivity contribution in [2.45, 2.75) is 38.0 Å². The van der Waals surface area contributed by atoms with Gasteiger partial charge in [-0.25, -0.2) is 0 Å². The lowest BCUT2D eigenvalue weighted by Crippen LogP contribution is -2.39. The fourth-order valence-electron chi connectivity index (χ4n) is 2.84. The van der Waals surface area contributed by atoms with Crippen molar-refractivity contribution in [1.29, 1.82) is 0 Å². The monoisotopic (exact) mass is 347 g/mol. The van der Waals surface area contributed by atoms with Crippen LogP contribution in [0, 0.1) is 12.8 Å². The highest BCUT2D eigenvalue weighted by Crippen LogP contribution is 2.24. The molecule has 1 fully saturated rings. The lowest BCUT2D eigenvalue weighted by molar-refractivity contribution is 0.105. The lowest BCUT2D eigenvalue weighted by atomic mass is 9.99. The zero-order chi connectivity index (χ0) is 16.9. The van der Waals surface area contributed by atoms with E-state index < -0.39 is 0 Å². The molecule has 1 saturated heterocycles. The molecule has 1 aliphatic heterocycles. The standard InChI is InChI=1S/C18H25N3O2S/c1-13-3-5-15(6-4-13)17-19-20-18(23-17)24-12-16(22)11-21-9-7-14(2)8-10-21/h3-6,14,16,22H,7-12H2,1-2H3. The van der Waals surface area contributed by atoms with Gasteiger partial charge < -0.3 is 14.4 Å². The molecule has 0 bridgehead atoms. The van der Waals surface area contributed by atoms with Crippen molar-refractivity contribution in [3.8, 4) is 11.5 Å². The maximum atomic E-state index is 10.2. The molecular weight excluding hydrogens is 322 g/mol. The quantitative estimate of drug-likeness (QED) is 0.810. The average molecular weight is 347 g/mol. The Kier molecular flexibility index (Phi) is 5.92. The van der Waals surface area contributed by atoms with E-state index in [-0.39, 0.29) is 6.10 Å². The highest BCUT2D eigenvalue weighted by atomic mass is 32.2. The molecule has 1 aromatic heterocycles. The van der Waals surface area contributed by atoms with Gasteiger partial charge in [-0.3, -0.25) is 0 Å². The Morgan fingerprint density at radius 1 is 1.25 bits per heavy atom. The fourth-order valence-corrected chi connectivity index (χ4v) is 3.52. The van der Waals surface area contributed by atoms with Crippen molar-refractivity contribution in [2.24, 2.45) is 5.92 Å². The van der Waals surface area contributed by atoms with Crippen LogP contribution in [-0.4, -0.2) is 51.7 Å². The maximum absolute atomic E-state index is 10.2. The maximum Gasteiger partial charge on any atom is 0.276 e. The van der Waals surface area contributed by atoms with Gasteiger partial charge >= 0.3 is 0 Å². The minimum absolute atomic E-state index is 0.377. The molecule has 0 aliphatic carbocycles. The van der Waals surface area contributed by atoms with Gasteiger partial charge in [0, 0.05) is 17.9 Å².